The Bertz CT molecular complexity index is 174. The maximum atomic E-state index is 5.64. The Balaban J connectivity index is 0. The fourth-order valence-corrected chi connectivity index (χ4v) is 1.41. The first kappa shape index (κ1) is 17.5. The standard InChI is InChI=1S/C10H21N3S.HI/c1-3-5-6-12-10(11)13-7-9-14-8-4-2;/h4H,2-3,5-9H2,1H3,(H3,11,12,13);1H. The minimum atomic E-state index is 0. The van der Waals surface area contributed by atoms with Gasteiger partial charge in [0.05, 0.1) is 0 Å². The predicted octanol–water partition coefficient (Wildman–Crippen LogP) is 2.23. The molecule has 15 heavy (non-hydrogen) atoms. The number of nitrogens with two attached hydrogens (primary N) is 1. The summed E-state index contributed by atoms with van der Waals surface area (Å²) in [6.07, 6.45) is 4.17. The van der Waals surface area contributed by atoms with E-state index in [4.69, 9.17) is 5.73 Å². The van der Waals surface area contributed by atoms with Crippen LogP contribution in [0.4, 0.5) is 0 Å². The highest BCUT2D eigenvalue weighted by atomic mass is 127. The Labute approximate surface area is 114 Å². The van der Waals surface area contributed by atoms with Crippen LogP contribution < -0.4 is 11.1 Å². The van der Waals surface area contributed by atoms with Crippen LogP contribution in [0.2, 0.25) is 0 Å². The maximum Gasteiger partial charge on any atom is 0.188 e. The third-order valence-corrected chi connectivity index (χ3v) is 2.55. The van der Waals surface area contributed by atoms with Crippen LogP contribution in [0, 0.1) is 0 Å². The van der Waals surface area contributed by atoms with Gasteiger partial charge in [-0.15, -0.1) is 30.6 Å². The van der Waals surface area contributed by atoms with Crippen LogP contribution in [0.15, 0.2) is 17.6 Å². The lowest BCUT2D eigenvalue weighted by atomic mass is 10.3. The van der Waals surface area contributed by atoms with Gasteiger partial charge < -0.3 is 11.1 Å². The smallest absolute Gasteiger partial charge is 0.188 e. The third kappa shape index (κ3) is 14.1. The molecule has 90 valence electrons. The number of aliphatic imine (C=N–C) groups is 1. The summed E-state index contributed by atoms with van der Waals surface area (Å²) in [4.78, 5) is 4.19. The van der Waals surface area contributed by atoms with Crippen LogP contribution in [0.1, 0.15) is 19.8 Å². The van der Waals surface area contributed by atoms with Gasteiger partial charge in [0.2, 0.25) is 0 Å². The van der Waals surface area contributed by atoms with Crippen LogP contribution in [0.25, 0.3) is 0 Å². The summed E-state index contributed by atoms with van der Waals surface area (Å²) in [5, 5.41) is 3.07. The average Bonchev–Trinajstić information content (AvgIpc) is 2.18. The molecule has 0 aromatic heterocycles. The topological polar surface area (TPSA) is 50.4 Å². The lowest BCUT2D eigenvalue weighted by Crippen LogP contribution is -2.33. The number of thioether (sulfide) groups is 1. The van der Waals surface area contributed by atoms with Crippen molar-refractivity contribution >= 4 is 41.7 Å². The minimum Gasteiger partial charge on any atom is -0.370 e. The van der Waals surface area contributed by atoms with E-state index in [0.717, 1.165) is 37.4 Å². The van der Waals surface area contributed by atoms with Gasteiger partial charge in [0.1, 0.15) is 0 Å². The molecular formula is C10H22IN3S. The Morgan fingerprint density at radius 3 is 2.93 bits per heavy atom. The number of hydrogen-bond donors (Lipinski definition) is 2. The van der Waals surface area contributed by atoms with Gasteiger partial charge in [-0.25, -0.2) is 0 Å². The van der Waals surface area contributed by atoms with E-state index in [2.05, 4.69) is 23.8 Å². The normalized spacial score (nSPS) is 10.6. The van der Waals surface area contributed by atoms with Crippen LogP contribution >= 0.6 is 35.7 Å². The summed E-state index contributed by atoms with van der Waals surface area (Å²) >= 11 is 1.83. The number of guanidine groups is 1. The summed E-state index contributed by atoms with van der Waals surface area (Å²) in [5.41, 5.74) is 5.64. The molecule has 0 unspecified atom stereocenters. The van der Waals surface area contributed by atoms with Gasteiger partial charge in [0.15, 0.2) is 5.96 Å². The summed E-state index contributed by atoms with van der Waals surface area (Å²) < 4.78 is 0. The highest BCUT2D eigenvalue weighted by Gasteiger charge is 1.90. The van der Waals surface area contributed by atoms with Crippen LogP contribution in [-0.4, -0.2) is 30.6 Å². The molecule has 0 rings (SSSR count). The van der Waals surface area contributed by atoms with Gasteiger partial charge in [-0.3, -0.25) is 4.99 Å². The quantitative estimate of drug-likeness (QED) is 0.234. The molecule has 0 atom stereocenters. The zero-order chi connectivity index (χ0) is 10.6. The van der Waals surface area contributed by atoms with Crippen molar-refractivity contribution in [3.8, 4) is 0 Å². The molecule has 0 spiro atoms. The van der Waals surface area contributed by atoms with Gasteiger partial charge in [-0.05, 0) is 6.42 Å². The first-order valence-corrected chi connectivity index (χ1v) is 6.19. The summed E-state index contributed by atoms with van der Waals surface area (Å²) in [6.45, 7) is 7.50. The Morgan fingerprint density at radius 2 is 2.33 bits per heavy atom. The molecule has 0 amide bonds. The molecule has 3 nitrogen and oxygen atoms in total. The minimum absolute atomic E-state index is 0. The highest BCUT2D eigenvalue weighted by molar-refractivity contribution is 14.0. The molecular weight excluding hydrogens is 321 g/mol. The summed E-state index contributed by atoms with van der Waals surface area (Å²) in [6, 6.07) is 0. The lowest BCUT2D eigenvalue weighted by molar-refractivity contribution is 0.798. The zero-order valence-electron chi connectivity index (χ0n) is 9.37. The van der Waals surface area contributed by atoms with E-state index < -0.39 is 0 Å². The number of nitrogens with one attached hydrogen (secondary N) is 1. The van der Waals surface area contributed by atoms with Gasteiger partial charge >= 0.3 is 0 Å². The van der Waals surface area contributed by atoms with Crippen molar-refractivity contribution in [1.82, 2.24) is 5.32 Å². The molecule has 0 heterocycles. The Morgan fingerprint density at radius 1 is 1.60 bits per heavy atom. The van der Waals surface area contributed by atoms with Crippen molar-refractivity contribution in [2.45, 2.75) is 19.8 Å². The molecule has 5 heteroatoms. The van der Waals surface area contributed by atoms with Crippen LogP contribution in [0.3, 0.4) is 0 Å². The number of halogens is 1. The van der Waals surface area contributed by atoms with E-state index in [0.29, 0.717) is 5.96 Å². The summed E-state index contributed by atoms with van der Waals surface area (Å²) in [5.74, 6) is 2.60. The second kappa shape index (κ2) is 14.1. The van der Waals surface area contributed by atoms with Crippen molar-refractivity contribution in [2.75, 3.05) is 24.6 Å². The van der Waals surface area contributed by atoms with Crippen molar-refractivity contribution in [3.05, 3.63) is 12.7 Å². The van der Waals surface area contributed by atoms with E-state index in [-0.39, 0.29) is 24.0 Å². The maximum absolute atomic E-state index is 5.64. The Kier molecular flexibility index (Phi) is 16.4. The molecule has 0 aliphatic heterocycles. The molecule has 0 aromatic carbocycles. The third-order valence-electron chi connectivity index (χ3n) is 1.58. The van der Waals surface area contributed by atoms with Crippen molar-refractivity contribution < 1.29 is 0 Å². The predicted molar refractivity (Wildman–Crippen MR) is 82.3 cm³/mol. The first-order valence-electron chi connectivity index (χ1n) is 5.03. The van der Waals surface area contributed by atoms with Crippen molar-refractivity contribution in [1.29, 1.82) is 0 Å². The van der Waals surface area contributed by atoms with Gasteiger partial charge in [-0.2, -0.15) is 11.8 Å². The lowest BCUT2D eigenvalue weighted by Gasteiger charge is -2.04. The fourth-order valence-electron chi connectivity index (χ4n) is 0.831. The van der Waals surface area contributed by atoms with E-state index in [1.54, 1.807) is 0 Å². The van der Waals surface area contributed by atoms with Gasteiger partial charge in [0, 0.05) is 24.6 Å². The monoisotopic (exact) mass is 343 g/mol. The summed E-state index contributed by atoms with van der Waals surface area (Å²) in [7, 11) is 0. The number of unbranched alkanes of at least 4 members (excludes halogenated alkanes) is 1. The van der Waals surface area contributed by atoms with Crippen LogP contribution in [-0.2, 0) is 0 Å². The number of rotatable bonds is 8. The zero-order valence-corrected chi connectivity index (χ0v) is 12.5. The molecule has 0 saturated heterocycles. The first-order chi connectivity index (χ1) is 6.81. The number of nitrogens with zero attached hydrogens (tertiary/aromatic N) is 1. The highest BCUT2D eigenvalue weighted by Crippen LogP contribution is 1.96. The SMILES string of the molecule is C=CCSCCNC(N)=NCCCC.I. The van der Waals surface area contributed by atoms with Crippen molar-refractivity contribution in [2.24, 2.45) is 10.7 Å². The van der Waals surface area contributed by atoms with E-state index >= 15 is 0 Å². The fraction of sp³-hybridized carbons (Fsp3) is 0.700. The Hall–Kier alpha value is 0.0900. The number of hydrogen-bond acceptors (Lipinski definition) is 2. The van der Waals surface area contributed by atoms with Crippen molar-refractivity contribution in [3.63, 3.8) is 0 Å². The molecule has 0 aliphatic carbocycles. The van der Waals surface area contributed by atoms with Gasteiger partial charge in [0.25, 0.3) is 0 Å². The molecule has 0 aliphatic rings. The van der Waals surface area contributed by atoms with Gasteiger partial charge in [-0.1, -0.05) is 19.4 Å². The van der Waals surface area contributed by atoms with Crippen LogP contribution in [0.5, 0.6) is 0 Å². The molecule has 0 saturated carbocycles. The molecule has 0 aromatic rings. The molecule has 0 fully saturated rings. The second-order valence-corrected chi connectivity index (χ2v) is 4.06. The molecule has 0 bridgehead atoms. The van der Waals surface area contributed by atoms with E-state index in [1.807, 2.05) is 17.8 Å². The molecule has 3 N–H and O–H groups in total. The van der Waals surface area contributed by atoms with E-state index in [9.17, 15) is 0 Å². The molecule has 0 radical (unpaired) electrons. The second-order valence-electron chi connectivity index (χ2n) is 2.91. The largest absolute Gasteiger partial charge is 0.370 e. The average molecular weight is 343 g/mol. The van der Waals surface area contributed by atoms with E-state index in [1.165, 1.54) is 0 Å².